The molecule has 0 aromatic heterocycles. The Labute approximate surface area is 109 Å². The SMILES string of the molecule is CN1C(=O)CC(NCc2ccc(C(F)F)cc2)C1=O. The molecule has 0 saturated carbocycles. The first-order valence-corrected chi connectivity index (χ1v) is 5.90. The van der Waals surface area contributed by atoms with Crippen molar-refractivity contribution < 1.29 is 18.4 Å². The fourth-order valence-electron chi connectivity index (χ4n) is 1.94. The normalized spacial score (nSPS) is 19.6. The summed E-state index contributed by atoms with van der Waals surface area (Å²) in [6.45, 7) is 0.362. The van der Waals surface area contributed by atoms with Gasteiger partial charge in [-0.15, -0.1) is 0 Å². The molecule has 0 aliphatic carbocycles. The molecule has 2 rings (SSSR count). The smallest absolute Gasteiger partial charge is 0.263 e. The van der Waals surface area contributed by atoms with Crippen LogP contribution >= 0.6 is 0 Å². The van der Waals surface area contributed by atoms with E-state index < -0.39 is 12.5 Å². The fourth-order valence-corrected chi connectivity index (χ4v) is 1.94. The number of likely N-dealkylation sites (N-methyl/N-ethyl adjacent to an activating group) is 1. The minimum Gasteiger partial charge on any atom is -0.301 e. The molecule has 1 unspecified atom stereocenters. The molecule has 1 fully saturated rings. The van der Waals surface area contributed by atoms with Crippen molar-refractivity contribution in [1.82, 2.24) is 10.2 Å². The van der Waals surface area contributed by atoms with Crippen LogP contribution in [-0.4, -0.2) is 29.8 Å². The summed E-state index contributed by atoms with van der Waals surface area (Å²) in [7, 11) is 1.45. The minimum absolute atomic E-state index is 0.0318. The predicted octanol–water partition coefficient (Wildman–Crippen LogP) is 1.47. The van der Waals surface area contributed by atoms with Crippen LogP contribution in [0.25, 0.3) is 0 Å². The molecule has 6 heteroatoms. The van der Waals surface area contributed by atoms with E-state index in [0.29, 0.717) is 6.54 Å². The lowest BCUT2D eigenvalue weighted by Gasteiger charge is -2.11. The first-order valence-electron chi connectivity index (χ1n) is 5.90. The average Bonchev–Trinajstić information content (AvgIpc) is 2.64. The van der Waals surface area contributed by atoms with Gasteiger partial charge in [-0.05, 0) is 5.56 Å². The summed E-state index contributed by atoms with van der Waals surface area (Å²) in [6.07, 6.45) is -2.34. The number of imide groups is 1. The average molecular weight is 268 g/mol. The van der Waals surface area contributed by atoms with Gasteiger partial charge in [-0.2, -0.15) is 0 Å². The van der Waals surface area contributed by atoms with Crippen molar-refractivity contribution in [2.24, 2.45) is 0 Å². The van der Waals surface area contributed by atoms with E-state index in [1.165, 1.54) is 19.2 Å². The molecule has 19 heavy (non-hydrogen) atoms. The lowest BCUT2D eigenvalue weighted by atomic mass is 10.1. The van der Waals surface area contributed by atoms with Crippen molar-refractivity contribution in [2.45, 2.75) is 25.4 Å². The van der Waals surface area contributed by atoms with E-state index in [2.05, 4.69) is 5.32 Å². The topological polar surface area (TPSA) is 49.4 Å². The van der Waals surface area contributed by atoms with Crippen LogP contribution in [0.15, 0.2) is 24.3 Å². The summed E-state index contributed by atoms with van der Waals surface area (Å²) in [5.41, 5.74) is 0.759. The number of alkyl halides is 2. The van der Waals surface area contributed by atoms with E-state index in [0.717, 1.165) is 10.5 Å². The number of carbonyl (C=O) groups excluding carboxylic acids is 2. The van der Waals surface area contributed by atoms with E-state index in [9.17, 15) is 18.4 Å². The predicted molar refractivity (Wildman–Crippen MR) is 64.4 cm³/mol. The molecule has 1 aliphatic heterocycles. The van der Waals surface area contributed by atoms with Gasteiger partial charge in [0.2, 0.25) is 11.8 Å². The number of nitrogens with one attached hydrogen (secondary N) is 1. The second-order valence-electron chi connectivity index (χ2n) is 4.47. The Balaban J connectivity index is 1.92. The summed E-state index contributed by atoms with van der Waals surface area (Å²) in [4.78, 5) is 24.0. The van der Waals surface area contributed by atoms with Gasteiger partial charge < -0.3 is 5.32 Å². The van der Waals surface area contributed by atoms with Gasteiger partial charge in [0.1, 0.15) is 0 Å². The molecule has 1 aromatic carbocycles. The third-order valence-corrected chi connectivity index (χ3v) is 3.17. The van der Waals surface area contributed by atoms with Gasteiger partial charge >= 0.3 is 0 Å². The van der Waals surface area contributed by atoms with E-state index in [1.54, 1.807) is 12.1 Å². The Bertz CT molecular complexity index is 488. The van der Waals surface area contributed by atoms with Crippen molar-refractivity contribution in [3.63, 3.8) is 0 Å². The number of carbonyl (C=O) groups is 2. The molecular weight excluding hydrogens is 254 g/mol. The van der Waals surface area contributed by atoms with Gasteiger partial charge in [-0.3, -0.25) is 14.5 Å². The summed E-state index contributed by atoms with van der Waals surface area (Å²) < 4.78 is 24.7. The van der Waals surface area contributed by atoms with Crippen molar-refractivity contribution >= 4 is 11.8 Å². The van der Waals surface area contributed by atoms with E-state index in [4.69, 9.17) is 0 Å². The molecule has 0 spiro atoms. The second-order valence-corrected chi connectivity index (χ2v) is 4.47. The highest BCUT2D eigenvalue weighted by Crippen LogP contribution is 2.19. The number of rotatable bonds is 4. The van der Waals surface area contributed by atoms with Gasteiger partial charge in [0.15, 0.2) is 0 Å². The summed E-state index contributed by atoms with van der Waals surface area (Å²) >= 11 is 0. The molecule has 1 saturated heterocycles. The van der Waals surface area contributed by atoms with E-state index >= 15 is 0 Å². The molecular formula is C13H14F2N2O2. The molecule has 1 heterocycles. The highest BCUT2D eigenvalue weighted by Gasteiger charge is 2.35. The Hall–Kier alpha value is -1.82. The van der Waals surface area contributed by atoms with Crippen LogP contribution in [0.3, 0.4) is 0 Å². The van der Waals surface area contributed by atoms with Gasteiger partial charge in [-0.25, -0.2) is 8.78 Å². The van der Waals surface area contributed by atoms with Crippen molar-refractivity contribution in [2.75, 3.05) is 7.05 Å². The van der Waals surface area contributed by atoms with Crippen LogP contribution in [0.2, 0.25) is 0 Å². The Morgan fingerprint density at radius 1 is 1.32 bits per heavy atom. The van der Waals surface area contributed by atoms with Gasteiger partial charge in [0.05, 0.1) is 12.5 Å². The molecule has 1 aliphatic rings. The van der Waals surface area contributed by atoms with E-state index in [-0.39, 0.29) is 23.8 Å². The number of amides is 2. The number of likely N-dealkylation sites (tertiary alicyclic amines) is 1. The molecule has 2 amide bonds. The zero-order valence-corrected chi connectivity index (χ0v) is 10.4. The zero-order valence-electron chi connectivity index (χ0n) is 10.4. The summed E-state index contributed by atoms with van der Waals surface area (Å²) in [5, 5.41) is 2.96. The monoisotopic (exact) mass is 268 g/mol. The van der Waals surface area contributed by atoms with Crippen LogP contribution in [-0.2, 0) is 16.1 Å². The highest BCUT2D eigenvalue weighted by molar-refractivity contribution is 6.05. The second kappa shape index (κ2) is 5.44. The van der Waals surface area contributed by atoms with Crippen molar-refractivity contribution in [3.8, 4) is 0 Å². The maximum atomic E-state index is 12.4. The first kappa shape index (κ1) is 13.6. The van der Waals surface area contributed by atoms with Crippen LogP contribution in [0.4, 0.5) is 8.78 Å². The van der Waals surface area contributed by atoms with Crippen molar-refractivity contribution in [1.29, 1.82) is 0 Å². The number of hydrogen-bond donors (Lipinski definition) is 1. The molecule has 102 valence electrons. The standard InChI is InChI=1S/C13H14F2N2O2/c1-17-11(18)6-10(13(17)19)16-7-8-2-4-9(5-3-8)12(14)15/h2-5,10,12,16H,6-7H2,1H3. The number of hydrogen-bond acceptors (Lipinski definition) is 3. The number of halogens is 2. The molecule has 0 radical (unpaired) electrons. The lowest BCUT2D eigenvalue weighted by molar-refractivity contribution is -0.137. The summed E-state index contributed by atoms with van der Waals surface area (Å²) in [5.74, 6) is -0.468. The van der Waals surface area contributed by atoms with E-state index in [1.807, 2.05) is 0 Å². The fraction of sp³-hybridized carbons (Fsp3) is 0.385. The van der Waals surface area contributed by atoms with Crippen LogP contribution in [0.1, 0.15) is 24.0 Å². The quantitative estimate of drug-likeness (QED) is 0.841. The zero-order chi connectivity index (χ0) is 14.0. The summed E-state index contributed by atoms with van der Waals surface area (Å²) in [6, 6.07) is 5.36. The first-order chi connectivity index (χ1) is 8.99. The largest absolute Gasteiger partial charge is 0.301 e. The Kier molecular flexibility index (Phi) is 3.90. The van der Waals surface area contributed by atoms with Crippen LogP contribution in [0.5, 0.6) is 0 Å². The van der Waals surface area contributed by atoms with Gasteiger partial charge in [-0.1, -0.05) is 24.3 Å². The maximum Gasteiger partial charge on any atom is 0.263 e. The Morgan fingerprint density at radius 3 is 2.42 bits per heavy atom. The van der Waals surface area contributed by atoms with Gasteiger partial charge in [0.25, 0.3) is 6.43 Å². The molecule has 1 aromatic rings. The maximum absolute atomic E-state index is 12.4. The Morgan fingerprint density at radius 2 is 1.95 bits per heavy atom. The lowest BCUT2D eigenvalue weighted by Crippen LogP contribution is -2.36. The molecule has 4 nitrogen and oxygen atoms in total. The minimum atomic E-state index is -2.48. The molecule has 1 N–H and O–H groups in total. The highest BCUT2D eigenvalue weighted by atomic mass is 19.3. The third-order valence-electron chi connectivity index (χ3n) is 3.17. The third kappa shape index (κ3) is 2.96. The van der Waals surface area contributed by atoms with Crippen LogP contribution in [0, 0.1) is 0 Å². The molecule has 1 atom stereocenters. The number of nitrogens with zero attached hydrogens (tertiary/aromatic N) is 1. The van der Waals surface area contributed by atoms with Crippen molar-refractivity contribution in [3.05, 3.63) is 35.4 Å². The molecule has 0 bridgehead atoms. The number of benzene rings is 1. The van der Waals surface area contributed by atoms with Gasteiger partial charge in [0, 0.05) is 19.2 Å². The van der Waals surface area contributed by atoms with Crippen LogP contribution < -0.4 is 5.32 Å².